The Labute approximate surface area is 185 Å². The smallest absolute Gasteiger partial charge is 0.403 e. The number of hydrogen-bond donors (Lipinski definition) is 0. The van der Waals surface area contributed by atoms with E-state index in [4.69, 9.17) is 32.4 Å². The topological polar surface area (TPSA) is 55.6 Å². The third-order valence-electron chi connectivity index (χ3n) is 5.21. The molecule has 1 aliphatic rings. The summed E-state index contributed by atoms with van der Waals surface area (Å²) in [6.07, 6.45) is -4.58. The standard InChI is InChI=1S/C21H17Cl2F3N2O3/c1-11(21(24,25)26)28-5-4-16(10-28)30-20(29)12-2-3-17-18(8-12)31-19(27-17)13-6-14(22)9-15(23)7-13/h2-3,6-9,11,16H,4-5,10H2,1H3. The first-order valence-electron chi connectivity index (χ1n) is 9.49. The fourth-order valence-electron chi connectivity index (χ4n) is 3.48. The van der Waals surface area contributed by atoms with Gasteiger partial charge in [-0.25, -0.2) is 9.78 Å². The second kappa shape index (κ2) is 8.33. The van der Waals surface area contributed by atoms with E-state index in [1.165, 1.54) is 17.0 Å². The van der Waals surface area contributed by atoms with Gasteiger partial charge in [0.1, 0.15) is 17.7 Å². The van der Waals surface area contributed by atoms with Crippen molar-refractivity contribution in [2.24, 2.45) is 0 Å². The zero-order valence-corrected chi connectivity index (χ0v) is 17.8. The molecule has 2 heterocycles. The summed E-state index contributed by atoms with van der Waals surface area (Å²) in [5.41, 5.74) is 1.69. The maximum absolute atomic E-state index is 12.9. The van der Waals surface area contributed by atoms with Crippen molar-refractivity contribution in [3.8, 4) is 11.5 Å². The van der Waals surface area contributed by atoms with E-state index in [1.54, 1.807) is 24.3 Å². The molecule has 31 heavy (non-hydrogen) atoms. The van der Waals surface area contributed by atoms with Crippen molar-refractivity contribution in [3.05, 3.63) is 52.0 Å². The molecule has 2 unspecified atom stereocenters. The predicted octanol–water partition coefficient (Wildman–Crippen LogP) is 5.98. The molecule has 0 spiro atoms. The van der Waals surface area contributed by atoms with E-state index in [1.807, 2.05) is 0 Å². The lowest BCUT2D eigenvalue weighted by Gasteiger charge is -2.26. The molecule has 2 atom stereocenters. The molecule has 164 valence electrons. The Bertz CT molecular complexity index is 1110. The fraction of sp³-hybridized carbons (Fsp3) is 0.333. The SMILES string of the molecule is CC(N1CCC(OC(=O)c2ccc3nc(-c4cc(Cl)cc(Cl)c4)oc3c2)C1)C(F)(F)F. The lowest BCUT2D eigenvalue weighted by molar-refractivity contribution is -0.176. The second-order valence-electron chi connectivity index (χ2n) is 7.39. The van der Waals surface area contributed by atoms with Gasteiger partial charge in [-0.2, -0.15) is 13.2 Å². The number of alkyl halides is 3. The van der Waals surface area contributed by atoms with Crippen molar-refractivity contribution < 1.29 is 27.1 Å². The van der Waals surface area contributed by atoms with Crippen LogP contribution in [0.1, 0.15) is 23.7 Å². The number of aromatic nitrogens is 1. The number of fused-ring (bicyclic) bond motifs is 1. The van der Waals surface area contributed by atoms with Gasteiger partial charge in [0.2, 0.25) is 5.89 Å². The molecule has 1 fully saturated rings. The number of oxazole rings is 1. The molecule has 3 aromatic rings. The number of likely N-dealkylation sites (tertiary alicyclic amines) is 1. The van der Waals surface area contributed by atoms with Gasteiger partial charge in [0, 0.05) is 28.7 Å². The van der Waals surface area contributed by atoms with Crippen molar-refractivity contribution in [2.45, 2.75) is 31.7 Å². The van der Waals surface area contributed by atoms with Gasteiger partial charge in [-0.15, -0.1) is 0 Å². The van der Waals surface area contributed by atoms with Crippen molar-refractivity contribution >= 4 is 40.3 Å². The Hall–Kier alpha value is -2.29. The van der Waals surface area contributed by atoms with Gasteiger partial charge in [0.25, 0.3) is 0 Å². The van der Waals surface area contributed by atoms with E-state index >= 15 is 0 Å². The summed E-state index contributed by atoms with van der Waals surface area (Å²) in [6, 6.07) is 7.95. The Morgan fingerprint density at radius 1 is 1.23 bits per heavy atom. The molecule has 1 aliphatic heterocycles. The number of benzene rings is 2. The van der Waals surface area contributed by atoms with Crippen molar-refractivity contribution in [1.82, 2.24) is 9.88 Å². The van der Waals surface area contributed by atoms with E-state index in [0.29, 0.717) is 33.1 Å². The molecule has 1 aromatic heterocycles. The number of rotatable bonds is 4. The van der Waals surface area contributed by atoms with Crippen molar-refractivity contribution in [3.63, 3.8) is 0 Å². The van der Waals surface area contributed by atoms with Crippen LogP contribution in [0.25, 0.3) is 22.6 Å². The van der Waals surface area contributed by atoms with Crippen LogP contribution in [0.15, 0.2) is 40.8 Å². The Morgan fingerprint density at radius 2 is 1.94 bits per heavy atom. The first kappa shape index (κ1) is 21.9. The summed E-state index contributed by atoms with van der Waals surface area (Å²) < 4.78 is 49.8. The van der Waals surface area contributed by atoms with Crippen LogP contribution < -0.4 is 0 Å². The van der Waals surface area contributed by atoms with Crippen LogP contribution in [-0.2, 0) is 4.74 Å². The number of esters is 1. The molecule has 0 bridgehead atoms. The molecule has 0 N–H and O–H groups in total. The molecule has 0 radical (unpaired) electrons. The van der Waals surface area contributed by atoms with Crippen LogP contribution in [0.5, 0.6) is 0 Å². The largest absolute Gasteiger partial charge is 0.457 e. The molecule has 1 saturated heterocycles. The summed E-state index contributed by atoms with van der Waals surface area (Å²) in [7, 11) is 0. The van der Waals surface area contributed by atoms with E-state index in [9.17, 15) is 18.0 Å². The number of ether oxygens (including phenoxy) is 1. The number of carbonyl (C=O) groups excluding carboxylic acids is 1. The van der Waals surface area contributed by atoms with E-state index in [2.05, 4.69) is 4.98 Å². The lowest BCUT2D eigenvalue weighted by atomic mass is 10.2. The summed E-state index contributed by atoms with van der Waals surface area (Å²) in [6.45, 7) is 1.36. The van der Waals surface area contributed by atoms with Crippen molar-refractivity contribution in [2.75, 3.05) is 13.1 Å². The predicted molar refractivity (Wildman–Crippen MR) is 110 cm³/mol. The number of hydrogen-bond acceptors (Lipinski definition) is 5. The minimum Gasteiger partial charge on any atom is -0.457 e. The van der Waals surface area contributed by atoms with E-state index < -0.39 is 24.3 Å². The average Bonchev–Trinajstić information content (AvgIpc) is 3.32. The van der Waals surface area contributed by atoms with Gasteiger partial charge in [-0.1, -0.05) is 23.2 Å². The lowest BCUT2D eigenvalue weighted by Crippen LogP contribution is -2.42. The number of halogens is 5. The van der Waals surface area contributed by atoms with Gasteiger partial charge in [-0.05, 0) is 49.7 Å². The number of nitrogens with zero attached hydrogens (tertiary/aromatic N) is 2. The zero-order chi connectivity index (χ0) is 22.3. The minimum absolute atomic E-state index is 0.0383. The highest BCUT2D eigenvalue weighted by atomic mass is 35.5. The molecular formula is C21H17Cl2F3N2O3. The van der Waals surface area contributed by atoms with Crippen LogP contribution in [-0.4, -0.2) is 47.3 Å². The summed E-state index contributed by atoms with van der Waals surface area (Å²) in [4.78, 5) is 18.2. The quantitative estimate of drug-likeness (QED) is 0.437. The molecule has 0 aliphatic carbocycles. The van der Waals surface area contributed by atoms with Crippen LogP contribution in [0.4, 0.5) is 13.2 Å². The first-order chi connectivity index (χ1) is 14.6. The molecule has 10 heteroatoms. The Morgan fingerprint density at radius 3 is 2.61 bits per heavy atom. The van der Waals surface area contributed by atoms with Crippen LogP contribution in [0.2, 0.25) is 10.0 Å². The Kier molecular flexibility index (Phi) is 5.89. The first-order valence-corrected chi connectivity index (χ1v) is 10.2. The van der Waals surface area contributed by atoms with E-state index in [-0.39, 0.29) is 24.5 Å². The van der Waals surface area contributed by atoms with Gasteiger partial charge < -0.3 is 9.15 Å². The molecular weight excluding hydrogens is 456 g/mol. The highest BCUT2D eigenvalue weighted by Gasteiger charge is 2.43. The summed E-state index contributed by atoms with van der Waals surface area (Å²) >= 11 is 12.0. The van der Waals surface area contributed by atoms with E-state index in [0.717, 1.165) is 6.92 Å². The third-order valence-corrected chi connectivity index (χ3v) is 5.64. The normalized spacial score (nSPS) is 18.5. The fourth-order valence-corrected chi connectivity index (χ4v) is 4.01. The zero-order valence-electron chi connectivity index (χ0n) is 16.2. The highest BCUT2D eigenvalue weighted by molar-refractivity contribution is 6.35. The minimum atomic E-state index is -4.32. The molecule has 0 saturated carbocycles. The molecule has 5 nitrogen and oxygen atoms in total. The second-order valence-corrected chi connectivity index (χ2v) is 8.26. The van der Waals surface area contributed by atoms with Crippen LogP contribution >= 0.6 is 23.2 Å². The third kappa shape index (κ3) is 4.81. The molecule has 0 amide bonds. The molecule has 4 rings (SSSR count). The average molecular weight is 473 g/mol. The van der Waals surface area contributed by atoms with Gasteiger partial charge in [0.05, 0.1) is 5.56 Å². The Balaban J connectivity index is 1.48. The highest BCUT2D eigenvalue weighted by Crippen LogP contribution is 2.31. The van der Waals surface area contributed by atoms with Crippen LogP contribution in [0.3, 0.4) is 0 Å². The van der Waals surface area contributed by atoms with Gasteiger partial charge in [-0.3, -0.25) is 4.90 Å². The van der Waals surface area contributed by atoms with Gasteiger partial charge in [0.15, 0.2) is 5.58 Å². The van der Waals surface area contributed by atoms with Crippen molar-refractivity contribution in [1.29, 1.82) is 0 Å². The van der Waals surface area contributed by atoms with Crippen LogP contribution in [0, 0.1) is 0 Å². The van der Waals surface area contributed by atoms with Gasteiger partial charge >= 0.3 is 12.1 Å². The summed E-state index contributed by atoms with van der Waals surface area (Å²) in [5, 5.41) is 0.860. The maximum Gasteiger partial charge on any atom is 0.403 e. The number of carbonyl (C=O) groups is 1. The monoisotopic (exact) mass is 472 g/mol. The molecule has 2 aromatic carbocycles. The maximum atomic E-state index is 12.9. The summed E-state index contributed by atoms with van der Waals surface area (Å²) in [5.74, 6) is -0.338.